The number of hydrogen-bond donors (Lipinski definition) is 3. The lowest BCUT2D eigenvalue weighted by Crippen LogP contribution is -2.43. The predicted octanol–water partition coefficient (Wildman–Crippen LogP) is 4.47. The summed E-state index contributed by atoms with van der Waals surface area (Å²) in [6, 6.07) is 21.1. The molecular weight excluding hydrogens is 584 g/mol. The average molecular weight is 621 g/mol. The van der Waals surface area contributed by atoms with Crippen molar-refractivity contribution in [3.8, 4) is 0 Å². The second-order valence-electron chi connectivity index (χ2n) is 11.7. The highest BCUT2D eigenvalue weighted by Crippen LogP contribution is 2.31. The molecule has 6 rings (SSSR count). The van der Waals surface area contributed by atoms with Crippen molar-refractivity contribution < 1.29 is 29.1 Å². The Balaban J connectivity index is 0.886. The number of carbonyl (C=O) groups excluding carboxylic acids is 4. The number of nitrogens with zero attached hydrogens (tertiary/aromatic N) is 2. The zero-order valence-electron chi connectivity index (χ0n) is 25.5. The molecule has 0 spiro atoms. The van der Waals surface area contributed by atoms with Gasteiger partial charge in [-0.1, -0.05) is 55.0 Å². The SMILES string of the molecule is O=C(O)[C@@H](CCCCNCCCN1C(=O)c2cccc3cccc(c23)C1=O)NCCCN1C(=O)c2cccc3cccc(c23)C1=O. The molecule has 0 saturated carbocycles. The lowest BCUT2D eigenvalue weighted by Gasteiger charge is -2.27. The molecule has 10 nitrogen and oxygen atoms in total. The third kappa shape index (κ3) is 6.01. The highest BCUT2D eigenvalue weighted by atomic mass is 16.4. The Morgan fingerprint density at radius 1 is 0.587 bits per heavy atom. The van der Waals surface area contributed by atoms with Gasteiger partial charge in [0.1, 0.15) is 6.04 Å². The maximum Gasteiger partial charge on any atom is 0.320 e. The minimum atomic E-state index is -0.938. The summed E-state index contributed by atoms with van der Waals surface area (Å²) in [6.45, 7) is 2.17. The fraction of sp³-hybridized carbons (Fsp3) is 0.306. The van der Waals surface area contributed by atoms with Crippen LogP contribution in [0, 0.1) is 0 Å². The highest BCUT2D eigenvalue weighted by molar-refractivity contribution is 6.26. The zero-order valence-corrected chi connectivity index (χ0v) is 25.5. The molecule has 2 heterocycles. The standard InChI is InChI=1S/C36H36N4O6/c41-32-25-13-3-9-23-10-4-14-26(30(23)25)33(42)39(32)21-7-19-37-18-2-1-17-29(36(45)46)38-20-8-22-40-34(43)27-15-5-11-24-12-6-16-28(31(24)27)35(40)44/h3-6,9-16,29,37-38H,1-2,7-8,17-22H2,(H,45,46)/t29-/m1/s1. The molecule has 0 aromatic heterocycles. The Morgan fingerprint density at radius 2 is 1.00 bits per heavy atom. The molecular formula is C36H36N4O6. The number of carboxylic acids is 1. The molecule has 2 aliphatic rings. The molecule has 4 amide bonds. The average Bonchev–Trinajstić information content (AvgIpc) is 3.06. The van der Waals surface area contributed by atoms with Gasteiger partial charge < -0.3 is 15.7 Å². The number of carboxylic acid groups (broad SMARTS) is 1. The van der Waals surface area contributed by atoms with E-state index in [2.05, 4.69) is 10.6 Å². The van der Waals surface area contributed by atoms with Crippen LogP contribution in [0.5, 0.6) is 0 Å². The van der Waals surface area contributed by atoms with Crippen molar-refractivity contribution in [3.05, 3.63) is 95.1 Å². The lowest BCUT2D eigenvalue weighted by atomic mass is 9.94. The smallest absolute Gasteiger partial charge is 0.320 e. The van der Waals surface area contributed by atoms with Crippen molar-refractivity contribution in [2.45, 2.75) is 38.1 Å². The first-order chi connectivity index (χ1) is 22.4. The Labute approximate surface area is 266 Å². The number of unbranched alkanes of at least 4 members (excludes halogenated alkanes) is 1. The predicted molar refractivity (Wildman–Crippen MR) is 174 cm³/mol. The number of nitrogens with one attached hydrogen (secondary N) is 2. The Kier molecular flexibility index (Phi) is 9.18. The molecule has 3 N–H and O–H groups in total. The van der Waals surface area contributed by atoms with E-state index in [-0.39, 0.29) is 30.2 Å². The Hall–Kier alpha value is -4.93. The summed E-state index contributed by atoms with van der Waals surface area (Å²) in [5.74, 6) is -2.12. The minimum absolute atomic E-state index is 0.197. The first-order valence-corrected chi connectivity index (χ1v) is 15.8. The highest BCUT2D eigenvalue weighted by Gasteiger charge is 2.33. The van der Waals surface area contributed by atoms with Gasteiger partial charge in [0.15, 0.2) is 0 Å². The number of benzene rings is 4. The summed E-state index contributed by atoms with van der Waals surface area (Å²) < 4.78 is 0. The fourth-order valence-corrected chi connectivity index (χ4v) is 6.48. The maximum atomic E-state index is 13.1. The van der Waals surface area contributed by atoms with E-state index in [0.717, 1.165) is 22.6 Å². The molecule has 0 fully saturated rings. The van der Waals surface area contributed by atoms with E-state index in [4.69, 9.17) is 0 Å². The van der Waals surface area contributed by atoms with Crippen LogP contribution in [0.2, 0.25) is 0 Å². The normalized spacial score (nSPS) is 14.9. The minimum Gasteiger partial charge on any atom is -0.480 e. The van der Waals surface area contributed by atoms with E-state index in [1.165, 1.54) is 9.80 Å². The second kappa shape index (κ2) is 13.6. The van der Waals surface area contributed by atoms with E-state index in [1.807, 2.05) is 36.4 Å². The van der Waals surface area contributed by atoms with Gasteiger partial charge in [-0.15, -0.1) is 0 Å². The van der Waals surface area contributed by atoms with Crippen LogP contribution in [0.3, 0.4) is 0 Å². The van der Waals surface area contributed by atoms with Crippen molar-refractivity contribution >= 4 is 51.1 Å². The summed E-state index contributed by atoms with van der Waals surface area (Å²) in [4.78, 5) is 66.6. The third-order valence-corrected chi connectivity index (χ3v) is 8.79. The molecule has 0 aliphatic carbocycles. The molecule has 46 heavy (non-hydrogen) atoms. The first kappa shape index (κ1) is 31.1. The van der Waals surface area contributed by atoms with Crippen LogP contribution in [0.4, 0.5) is 0 Å². The van der Waals surface area contributed by atoms with Crippen molar-refractivity contribution in [1.29, 1.82) is 0 Å². The first-order valence-electron chi connectivity index (χ1n) is 15.8. The molecule has 0 bridgehead atoms. The molecule has 0 radical (unpaired) electrons. The van der Waals surface area contributed by atoms with Crippen molar-refractivity contribution in [1.82, 2.24) is 20.4 Å². The van der Waals surface area contributed by atoms with E-state index in [0.29, 0.717) is 79.5 Å². The van der Waals surface area contributed by atoms with E-state index in [1.54, 1.807) is 36.4 Å². The van der Waals surface area contributed by atoms with Gasteiger partial charge in [0.25, 0.3) is 23.6 Å². The summed E-state index contributed by atoms with van der Waals surface area (Å²) >= 11 is 0. The Bertz CT molecular complexity index is 1750. The third-order valence-electron chi connectivity index (χ3n) is 8.79. The Morgan fingerprint density at radius 3 is 1.43 bits per heavy atom. The van der Waals surface area contributed by atoms with Crippen LogP contribution in [-0.4, -0.2) is 83.3 Å². The van der Waals surface area contributed by atoms with Gasteiger partial charge in [-0.05, 0) is 80.4 Å². The summed E-state index contributed by atoms with van der Waals surface area (Å²) in [6.07, 6.45) is 2.94. The fourth-order valence-electron chi connectivity index (χ4n) is 6.48. The number of rotatable bonds is 15. The van der Waals surface area contributed by atoms with E-state index >= 15 is 0 Å². The topological polar surface area (TPSA) is 136 Å². The molecule has 1 atom stereocenters. The molecule has 4 aromatic rings. The molecule has 236 valence electrons. The monoisotopic (exact) mass is 620 g/mol. The van der Waals surface area contributed by atoms with Crippen molar-refractivity contribution in [3.63, 3.8) is 0 Å². The lowest BCUT2D eigenvalue weighted by molar-refractivity contribution is -0.139. The van der Waals surface area contributed by atoms with Gasteiger partial charge in [0.05, 0.1) is 0 Å². The van der Waals surface area contributed by atoms with Crippen molar-refractivity contribution in [2.75, 3.05) is 32.7 Å². The van der Waals surface area contributed by atoms with Crippen LogP contribution >= 0.6 is 0 Å². The van der Waals surface area contributed by atoms with Gasteiger partial charge >= 0.3 is 5.97 Å². The van der Waals surface area contributed by atoms with Gasteiger partial charge in [-0.2, -0.15) is 0 Å². The number of amides is 4. The summed E-state index contributed by atoms with van der Waals surface area (Å²) in [7, 11) is 0. The van der Waals surface area contributed by atoms with Gasteiger partial charge in [-0.3, -0.25) is 33.8 Å². The van der Waals surface area contributed by atoms with Crippen LogP contribution in [0.25, 0.3) is 21.5 Å². The molecule has 0 saturated heterocycles. The van der Waals surface area contributed by atoms with Crippen LogP contribution in [-0.2, 0) is 4.79 Å². The number of imide groups is 2. The molecule has 2 aliphatic heterocycles. The van der Waals surface area contributed by atoms with Crippen LogP contribution in [0.1, 0.15) is 73.5 Å². The van der Waals surface area contributed by atoms with Crippen molar-refractivity contribution in [2.24, 2.45) is 0 Å². The van der Waals surface area contributed by atoms with Crippen LogP contribution in [0.15, 0.2) is 72.8 Å². The zero-order chi connectivity index (χ0) is 32.2. The maximum absolute atomic E-state index is 13.1. The number of aliphatic carboxylic acids is 1. The number of carbonyl (C=O) groups is 5. The van der Waals surface area contributed by atoms with E-state index in [9.17, 15) is 29.1 Å². The second-order valence-corrected chi connectivity index (χ2v) is 11.7. The van der Waals surface area contributed by atoms with Crippen LogP contribution < -0.4 is 10.6 Å². The number of hydrogen-bond acceptors (Lipinski definition) is 7. The van der Waals surface area contributed by atoms with Gasteiger partial charge in [0.2, 0.25) is 0 Å². The van der Waals surface area contributed by atoms with Gasteiger partial charge in [-0.25, -0.2) is 0 Å². The molecule has 10 heteroatoms. The van der Waals surface area contributed by atoms with E-state index < -0.39 is 12.0 Å². The summed E-state index contributed by atoms with van der Waals surface area (Å²) in [5.41, 5.74) is 2.13. The molecule has 0 unspecified atom stereocenters. The largest absolute Gasteiger partial charge is 0.480 e. The quantitative estimate of drug-likeness (QED) is 0.131. The van der Waals surface area contributed by atoms with Gasteiger partial charge in [0, 0.05) is 46.1 Å². The summed E-state index contributed by atoms with van der Waals surface area (Å²) in [5, 5.41) is 19.2. The molecule has 4 aromatic carbocycles.